The molecule has 1 N–H and O–H groups in total. The lowest BCUT2D eigenvalue weighted by atomic mass is 9.95. The van der Waals surface area contributed by atoms with Crippen LogP contribution >= 0.6 is 34.4 Å². The summed E-state index contributed by atoms with van der Waals surface area (Å²) in [6.45, 7) is 4.50. The van der Waals surface area contributed by atoms with Crippen molar-refractivity contribution in [3.05, 3.63) is 52.7 Å². The number of thioether (sulfide) groups is 1. The van der Waals surface area contributed by atoms with Gasteiger partial charge >= 0.3 is 0 Å². The number of benzene rings is 1. The van der Waals surface area contributed by atoms with Gasteiger partial charge in [0.15, 0.2) is 16.1 Å². The first-order chi connectivity index (χ1) is 15.2. The zero-order chi connectivity index (χ0) is 21.2. The van der Waals surface area contributed by atoms with Crippen molar-refractivity contribution in [1.82, 2.24) is 19.7 Å². The first-order valence-corrected chi connectivity index (χ1v) is 12.8. The molecule has 1 aromatic carbocycles. The second-order valence-corrected chi connectivity index (χ2v) is 10.2. The summed E-state index contributed by atoms with van der Waals surface area (Å²) in [6.07, 6.45) is 6.58. The first kappa shape index (κ1) is 20.4. The molecule has 5 rings (SSSR count). The van der Waals surface area contributed by atoms with Crippen molar-refractivity contribution in [2.75, 3.05) is 11.1 Å². The Labute approximate surface area is 192 Å². The maximum absolute atomic E-state index is 12.5. The van der Waals surface area contributed by atoms with Crippen LogP contribution in [0.2, 0.25) is 0 Å². The highest BCUT2D eigenvalue weighted by Gasteiger charge is 2.22. The number of carbonyl (C=O) groups excluding carboxylic acids is 1. The number of aromatic nitrogens is 4. The number of allylic oxidation sites excluding steroid dienone is 1. The topological polar surface area (TPSA) is 72.7 Å². The Morgan fingerprint density at radius 3 is 3.00 bits per heavy atom. The summed E-state index contributed by atoms with van der Waals surface area (Å²) in [5.41, 5.74) is 3.49. The van der Waals surface area contributed by atoms with Gasteiger partial charge in [-0.3, -0.25) is 9.36 Å². The lowest BCUT2D eigenvalue weighted by molar-refractivity contribution is -0.113. The van der Waals surface area contributed by atoms with Gasteiger partial charge in [-0.2, -0.15) is 0 Å². The van der Waals surface area contributed by atoms with E-state index in [-0.39, 0.29) is 11.7 Å². The number of thiazole rings is 1. The van der Waals surface area contributed by atoms with Gasteiger partial charge in [0, 0.05) is 22.4 Å². The predicted octanol–water partition coefficient (Wildman–Crippen LogP) is 5.41. The van der Waals surface area contributed by atoms with Gasteiger partial charge in [0.05, 0.1) is 16.0 Å². The Bertz CT molecular complexity index is 1220. The summed E-state index contributed by atoms with van der Waals surface area (Å²) in [6, 6.07) is 7.85. The van der Waals surface area contributed by atoms with Gasteiger partial charge in [-0.15, -0.1) is 28.1 Å². The van der Waals surface area contributed by atoms with Gasteiger partial charge in [0.2, 0.25) is 5.91 Å². The Kier molecular flexibility index (Phi) is 5.89. The third kappa shape index (κ3) is 4.17. The minimum Gasteiger partial charge on any atom is -0.301 e. The van der Waals surface area contributed by atoms with Gasteiger partial charge in [0.25, 0.3) is 0 Å². The maximum atomic E-state index is 12.5. The van der Waals surface area contributed by atoms with Gasteiger partial charge in [-0.1, -0.05) is 41.3 Å². The van der Waals surface area contributed by atoms with Crippen LogP contribution in [-0.2, 0) is 24.2 Å². The van der Waals surface area contributed by atoms with Crippen molar-refractivity contribution in [3.63, 3.8) is 0 Å². The first-order valence-electron chi connectivity index (χ1n) is 10.1. The summed E-state index contributed by atoms with van der Waals surface area (Å²) < 4.78 is 3.11. The van der Waals surface area contributed by atoms with Crippen molar-refractivity contribution in [1.29, 1.82) is 0 Å². The lowest BCUT2D eigenvalue weighted by Crippen LogP contribution is -2.14. The molecule has 0 atom stereocenters. The number of amides is 1. The predicted molar refractivity (Wildman–Crippen MR) is 129 cm³/mol. The van der Waals surface area contributed by atoms with E-state index < -0.39 is 0 Å². The number of hydrogen-bond acceptors (Lipinski definition) is 7. The Morgan fingerprint density at radius 1 is 1.26 bits per heavy atom. The molecule has 158 valence electrons. The third-order valence-corrected chi connectivity index (χ3v) is 8.21. The number of anilines is 1. The standard InChI is InChI=1S/C22H21N5OS3/c1-2-11-27-20(15-12-29-17-9-5-3-7-14(15)17)25-26-22(27)30-13-19(28)24-21-23-16-8-4-6-10-18(16)31-21/h2,4,6,8,10,12H,1,3,5,7,9,11,13H2,(H,23,24,28). The number of nitrogens with one attached hydrogen (secondary N) is 1. The van der Waals surface area contributed by atoms with Crippen molar-refractivity contribution < 1.29 is 4.79 Å². The van der Waals surface area contributed by atoms with Crippen molar-refractivity contribution in [2.45, 2.75) is 37.4 Å². The van der Waals surface area contributed by atoms with E-state index in [4.69, 9.17) is 0 Å². The van der Waals surface area contributed by atoms with Crippen LogP contribution in [0.4, 0.5) is 5.13 Å². The molecule has 3 heterocycles. The van der Waals surface area contributed by atoms with Crippen LogP contribution in [0.3, 0.4) is 0 Å². The molecule has 6 nitrogen and oxygen atoms in total. The van der Waals surface area contributed by atoms with E-state index in [9.17, 15) is 4.79 Å². The summed E-state index contributed by atoms with van der Waals surface area (Å²) in [5.74, 6) is 1.01. The third-order valence-electron chi connectivity index (χ3n) is 5.20. The molecule has 4 aromatic rings. The van der Waals surface area contributed by atoms with E-state index in [2.05, 4.69) is 37.0 Å². The molecule has 1 aliphatic rings. The zero-order valence-corrected chi connectivity index (χ0v) is 19.3. The highest BCUT2D eigenvalue weighted by molar-refractivity contribution is 7.99. The fourth-order valence-corrected chi connectivity index (χ4v) is 6.53. The molecule has 0 bridgehead atoms. The van der Waals surface area contributed by atoms with E-state index in [1.165, 1.54) is 51.9 Å². The number of thiophene rings is 1. The van der Waals surface area contributed by atoms with Crippen LogP contribution in [0.1, 0.15) is 23.3 Å². The van der Waals surface area contributed by atoms with E-state index >= 15 is 0 Å². The molecule has 0 spiro atoms. The van der Waals surface area contributed by atoms with Crippen LogP contribution in [-0.4, -0.2) is 31.4 Å². The van der Waals surface area contributed by atoms with Gasteiger partial charge in [-0.05, 0) is 43.4 Å². The summed E-state index contributed by atoms with van der Waals surface area (Å²) in [4.78, 5) is 18.5. The molecule has 0 saturated carbocycles. The lowest BCUT2D eigenvalue weighted by Gasteiger charge is -2.13. The molecule has 0 unspecified atom stereocenters. The SMILES string of the molecule is C=CCn1c(SCC(=O)Nc2nc3ccccc3s2)nnc1-c1csc2c1CCCC2. The second-order valence-electron chi connectivity index (χ2n) is 7.29. The quantitative estimate of drug-likeness (QED) is 0.291. The molecule has 0 aliphatic heterocycles. The maximum Gasteiger partial charge on any atom is 0.236 e. The molecule has 1 amide bonds. The monoisotopic (exact) mass is 467 g/mol. The highest BCUT2D eigenvalue weighted by atomic mass is 32.2. The van der Waals surface area contributed by atoms with E-state index in [1.807, 2.05) is 41.7 Å². The van der Waals surface area contributed by atoms with Crippen LogP contribution in [0.25, 0.3) is 21.6 Å². The Morgan fingerprint density at radius 2 is 2.13 bits per heavy atom. The average molecular weight is 468 g/mol. The average Bonchev–Trinajstić information content (AvgIpc) is 3.48. The number of fused-ring (bicyclic) bond motifs is 2. The number of carbonyl (C=O) groups is 1. The Balaban J connectivity index is 1.31. The van der Waals surface area contributed by atoms with Crippen molar-refractivity contribution >= 4 is 55.7 Å². The molecule has 0 saturated heterocycles. The van der Waals surface area contributed by atoms with Crippen LogP contribution in [0.15, 0.2) is 47.5 Å². The normalized spacial score (nSPS) is 13.3. The van der Waals surface area contributed by atoms with Crippen molar-refractivity contribution in [2.24, 2.45) is 0 Å². The number of nitrogens with zero attached hydrogens (tertiary/aromatic N) is 4. The van der Waals surface area contributed by atoms with E-state index in [0.717, 1.165) is 34.0 Å². The number of rotatable bonds is 7. The van der Waals surface area contributed by atoms with Gasteiger partial charge in [-0.25, -0.2) is 4.98 Å². The molecule has 9 heteroatoms. The molecule has 1 aliphatic carbocycles. The fourth-order valence-electron chi connectivity index (χ4n) is 3.78. The molecule has 3 aromatic heterocycles. The number of aryl methyl sites for hydroxylation is 1. The summed E-state index contributed by atoms with van der Waals surface area (Å²) >= 11 is 4.68. The largest absolute Gasteiger partial charge is 0.301 e. The smallest absolute Gasteiger partial charge is 0.236 e. The van der Waals surface area contributed by atoms with Crippen molar-refractivity contribution in [3.8, 4) is 11.4 Å². The summed E-state index contributed by atoms with van der Waals surface area (Å²) in [7, 11) is 0. The zero-order valence-electron chi connectivity index (χ0n) is 16.8. The molecular weight excluding hydrogens is 446 g/mol. The van der Waals surface area contributed by atoms with E-state index in [0.29, 0.717) is 11.7 Å². The van der Waals surface area contributed by atoms with Crippen LogP contribution in [0.5, 0.6) is 0 Å². The molecular formula is C22H21N5OS3. The number of hydrogen-bond donors (Lipinski definition) is 1. The number of para-hydroxylation sites is 1. The second kappa shape index (κ2) is 8.94. The van der Waals surface area contributed by atoms with Crippen LogP contribution in [0, 0.1) is 0 Å². The minimum atomic E-state index is -0.105. The van der Waals surface area contributed by atoms with Gasteiger partial charge < -0.3 is 5.32 Å². The highest BCUT2D eigenvalue weighted by Crippen LogP contribution is 2.37. The molecule has 31 heavy (non-hydrogen) atoms. The molecule has 0 radical (unpaired) electrons. The Hall–Kier alpha value is -2.49. The van der Waals surface area contributed by atoms with Gasteiger partial charge in [0.1, 0.15) is 0 Å². The fraction of sp³-hybridized carbons (Fsp3) is 0.273. The minimum absolute atomic E-state index is 0.105. The van der Waals surface area contributed by atoms with Crippen LogP contribution < -0.4 is 5.32 Å². The molecule has 0 fully saturated rings. The van der Waals surface area contributed by atoms with E-state index in [1.54, 1.807) is 0 Å². The summed E-state index contributed by atoms with van der Waals surface area (Å²) in [5, 5.41) is 15.3.